The number of alkyl carbamates (subject to hydrolysis) is 1. The van der Waals surface area contributed by atoms with E-state index >= 15 is 0 Å². The van der Waals surface area contributed by atoms with Crippen molar-refractivity contribution in [3.8, 4) is 0 Å². The maximum Gasteiger partial charge on any atom is 0.408 e. The predicted molar refractivity (Wildman–Crippen MR) is 166 cm³/mol. The molecule has 0 heterocycles. The van der Waals surface area contributed by atoms with Gasteiger partial charge in [0.25, 0.3) is 5.91 Å². The Bertz CT molecular complexity index is 1170. The lowest BCUT2D eigenvalue weighted by molar-refractivity contribution is -0.145. The number of aliphatic carboxylic acids is 1. The van der Waals surface area contributed by atoms with Crippen LogP contribution in [0, 0.1) is 5.92 Å². The van der Waals surface area contributed by atoms with Crippen LogP contribution in [0.4, 0.5) is 4.79 Å². The van der Waals surface area contributed by atoms with Crippen molar-refractivity contribution in [2.45, 2.75) is 102 Å². The van der Waals surface area contributed by atoms with Gasteiger partial charge in [-0.25, -0.2) is 4.79 Å². The number of nitrogens with one attached hydrogen (secondary N) is 4. The van der Waals surface area contributed by atoms with E-state index in [4.69, 9.17) is 4.74 Å². The van der Waals surface area contributed by atoms with E-state index in [0.717, 1.165) is 0 Å². The van der Waals surface area contributed by atoms with Crippen LogP contribution in [-0.4, -0.2) is 104 Å². The molecule has 0 saturated carbocycles. The number of amides is 4. The lowest BCUT2D eigenvalue weighted by Crippen LogP contribution is -2.60. The number of carboxylic acid groups (broad SMARTS) is 1. The summed E-state index contributed by atoms with van der Waals surface area (Å²) in [5.41, 5.74) is -0.420. The van der Waals surface area contributed by atoms with Crippen molar-refractivity contribution < 1.29 is 54.2 Å². The summed E-state index contributed by atoms with van der Waals surface area (Å²) in [5, 5.41) is 60.6. The first-order valence-electron chi connectivity index (χ1n) is 14.8. The molecule has 0 unspecified atom stereocenters. The van der Waals surface area contributed by atoms with Crippen LogP contribution < -0.4 is 21.3 Å². The van der Waals surface area contributed by atoms with Crippen LogP contribution >= 0.6 is 0 Å². The first-order valence-corrected chi connectivity index (χ1v) is 14.8. The minimum atomic E-state index is -2.29. The van der Waals surface area contributed by atoms with Crippen LogP contribution in [0.3, 0.4) is 0 Å². The zero-order valence-corrected chi connectivity index (χ0v) is 26.8. The number of benzene rings is 1. The SMILES string of the molecule is C=CC[C@H](NC(=O)OC(C)(C)C)C(=O)N[C@@H](CC(C)C)C(=O)N[C@@H](CO)[C@@H](O)[C@@H](O)[C@H](O)C(=O)N[C@@H](CC(=O)O)c1ccccc1. The molecule has 1 aromatic rings. The minimum absolute atomic E-state index is 0.00279. The molecule has 9 N–H and O–H groups in total. The zero-order valence-electron chi connectivity index (χ0n) is 26.8. The van der Waals surface area contributed by atoms with Gasteiger partial charge >= 0.3 is 12.1 Å². The summed E-state index contributed by atoms with van der Waals surface area (Å²) >= 11 is 0. The van der Waals surface area contributed by atoms with Crippen molar-refractivity contribution in [1.29, 1.82) is 0 Å². The Kier molecular flexibility index (Phi) is 16.3. The van der Waals surface area contributed by atoms with Gasteiger partial charge in [0.1, 0.15) is 29.9 Å². The number of rotatable bonds is 18. The highest BCUT2D eigenvalue weighted by Crippen LogP contribution is 2.18. The first kappa shape index (κ1) is 40.0. The Balaban J connectivity index is 3.02. The molecule has 0 aliphatic heterocycles. The number of carbonyl (C=O) groups is 5. The van der Waals surface area contributed by atoms with E-state index in [-0.39, 0.29) is 18.8 Å². The first-order chi connectivity index (χ1) is 21.4. The molecule has 4 amide bonds. The Labute approximate surface area is 268 Å². The van der Waals surface area contributed by atoms with Crippen LogP contribution in [-0.2, 0) is 23.9 Å². The molecule has 0 bridgehead atoms. The zero-order chi connectivity index (χ0) is 35.2. The fourth-order valence-electron chi connectivity index (χ4n) is 4.29. The third-order valence-electron chi connectivity index (χ3n) is 6.53. The molecule has 15 nitrogen and oxygen atoms in total. The number of hydrogen-bond donors (Lipinski definition) is 9. The fourth-order valence-corrected chi connectivity index (χ4v) is 4.29. The summed E-state index contributed by atoms with van der Waals surface area (Å²) in [6.07, 6.45) is -6.51. The Morgan fingerprint density at radius 1 is 0.870 bits per heavy atom. The third kappa shape index (κ3) is 13.9. The Hall–Kier alpha value is -4.05. The van der Waals surface area contributed by atoms with Gasteiger partial charge in [-0.3, -0.25) is 19.2 Å². The summed E-state index contributed by atoms with van der Waals surface area (Å²) < 4.78 is 5.20. The van der Waals surface area contributed by atoms with E-state index in [1.54, 1.807) is 65.0 Å². The van der Waals surface area contributed by atoms with Gasteiger partial charge in [0.15, 0.2) is 6.10 Å². The van der Waals surface area contributed by atoms with Crippen molar-refractivity contribution >= 4 is 29.8 Å². The second-order valence-corrected chi connectivity index (χ2v) is 12.2. The molecule has 1 rings (SSSR count). The predicted octanol–water partition coefficient (Wildman–Crippen LogP) is -0.121. The smallest absolute Gasteiger partial charge is 0.408 e. The Morgan fingerprint density at radius 3 is 1.96 bits per heavy atom. The minimum Gasteiger partial charge on any atom is -0.481 e. The van der Waals surface area contributed by atoms with E-state index in [0.29, 0.717) is 5.56 Å². The second kappa shape index (κ2) is 18.8. The molecule has 15 heteroatoms. The molecule has 0 aliphatic carbocycles. The van der Waals surface area contributed by atoms with Crippen LogP contribution in [0.5, 0.6) is 0 Å². The number of carbonyl (C=O) groups excluding carboxylic acids is 4. The topological polar surface area (TPSA) is 244 Å². The molecule has 0 fully saturated rings. The highest BCUT2D eigenvalue weighted by molar-refractivity contribution is 5.91. The van der Waals surface area contributed by atoms with Crippen molar-refractivity contribution in [1.82, 2.24) is 21.3 Å². The average molecular weight is 653 g/mol. The van der Waals surface area contributed by atoms with Crippen LogP contribution in [0.2, 0.25) is 0 Å². The van der Waals surface area contributed by atoms with Gasteiger partial charge in [-0.05, 0) is 45.1 Å². The summed E-state index contributed by atoms with van der Waals surface area (Å²) in [6.45, 7) is 11.1. The van der Waals surface area contributed by atoms with E-state index in [1.165, 1.54) is 6.08 Å². The van der Waals surface area contributed by atoms with Gasteiger partial charge in [0, 0.05) is 0 Å². The van der Waals surface area contributed by atoms with Crippen molar-refractivity contribution in [3.63, 3.8) is 0 Å². The standard InChI is InChI=1S/C31H48N4O11/c1-7-11-19(35-30(45)46-31(4,5)6)27(42)33-21(14-17(2)3)28(43)34-22(16-36)24(39)25(40)26(41)29(44)32-20(15-23(37)38)18-12-9-8-10-13-18/h7-10,12-13,17,19-22,24-26,36,39-41H,1,11,14-16H2,2-6H3,(H,32,44)(H,33,42)(H,34,43)(H,35,45)(H,37,38)/t19-,20-,21-,22-,24+,25+,26-/m0/s1. The maximum absolute atomic E-state index is 13.3. The monoisotopic (exact) mass is 652 g/mol. The van der Waals surface area contributed by atoms with Crippen LogP contribution in [0.1, 0.15) is 65.5 Å². The van der Waals surface area contributed by atoms with E-state index in [1.807, 2.05) is 0 Å². The van der Waals surface area contributed by atoms with Crippen LogP contribution in [0.15, 0.2) is 43.0 Å². The van der Waals surface area contributed by atoms with Gasteiger partial charge in [0.2, 0.25) is 11.8 Å². The van der Waals surface area contributed by atoms with E-state index < -0.39 is 90.9 Å². The number of aliphatic hydroxyl groups excluding tert-OH is 4. The Morgan fingerprint density at radius 2 is 1.46 bits per heavy atom. The van der Waals surface area contributed by atoms with Gasteiger partial charge in [-0.1, -0.05) is 50.3 Å². The largest absolute Gasteiger partial charge is 0.481 e. The molecule has 0 aromatic heterocycles. The molecular weight excluding hydrogens is 604 g/mol. The third-order valence-corrected chi connectivity index (χ3v) is 6.53. The van der Waals surface area contributed by atoms with Gasteiger partial charge in [0.05, 0.1) is 25.1 Å². The number of ether oxygens (including phenoxy) is 1. The molecular formula is C31H48N4O11. The summed E-state index contributed by atoms with van der Waals surface area (Å²) in [4.78, 5) is 62.7. The van der Waals surface area contributed by atoms with Crippen molar-refractivity contribution in [3.05, 3.63) is 48.6 Å². The molecule has 0 spiro atoms. The summed E-state index contributed by atoms with van der Waals surface area (Å²) in [6, 6.07) is 2.97. The molecule has 1 aromatic carbocycles. The number of carboxylic acids is 1. The van der Waals surface area contributed by atoms with Gasteiger partial charge in [-0.2, -0.15) is 0 Å². The lowest BCUT2D eigenvalue weighted by Gasteiger charge is -2.31. The quantitative estimate of drug-likeness (QED) is 0.0947. The molecule has 0 radical (unpaired) electrons. The molecule has 46 heavy (non-hydrogen) atoms. The fraction of sp³-hybridized carbons (Fsp3) is 0.581. The van der Waals surface area contributed by atoms with E-state index in [2.05, 4.69) is 27.8 Å². The normalized spacial score (nSPS) is 16.0. The van der Waals surface area contributed by atoms with Crippen LogP contribution in [0.25, 0.3) is 0 Å². The average Bonchev–Trinajstić information content (AvgIpc) is 2.96. The summed E-state index contributed by atoms with van der Waals surface area (Å²) in [7, 11) is 0. The molecule has 7 atom stereocenters. The van der Waals surface area contributed by atoms with Crippen molar-refractivity contribution in [2.24, 2.45) is 5.92 Å². The molecule has 258 valence electrons. The van der Waals surface area contributed by atoms with Gasteiger partial charge < -0.3 is 51.5 Å². The van der Waals surface area contributed by atoms with E-state index in [9.17, 15) is 49.5 Å². The molecule has 0 aliphatic rings. The number of hydrogen-bond acceptors (Lipinski definition) is 10. The highest BCUT2D eigenvalue weighted by Gasteiger charge is 2.38. The van der Waals surface area contributed by atoms with Crippen molar-refractivity contribution in [2.75, 3.05) is 6.61 Å². The summed E-state index contributed by atoms with van der Waals surface area (Å²) in [5.74, 6) is -4.20. The van der Waals surface area contributed by atoms with Gasteiger partial charge in [-0.15, -0.1) is 6.58 Å². The second-order valence-electron chi connectivity index (χ2n) is 12.2. The lowest BCUT2D eigenvalue weighted by atomic mass is 9.98. The highest BCUT2D eigenvalue weighted by atomic mass is 16.6. The molecule has 0 saturated heterocycles. The maximum atomic E-state index is 13.3. The number of aliphatic hydroxyl groups is 4.